The fourth-order valence-electron chi connectivity index (χ4n) is 3.19. The van der Waals surface area contributed by atoms with E-state index in [1.165, 1.54) is 0 Å². The maximum Gasteiger partial charge on any atom is 0.257 e. The van der Waals surface area contributed by atoms with E-state index in [1.807, 2.05) is 20.0 Å². The van der Waals surface area contributed by atoms with Crippen molar-refractivity contribution in [2.24, 2.45) is 0 Å². The summed E-state index contributed by atoms with van der Waals surface area (Å²) in [7, 11) is 1.70. The predicted octanol–water partition coefficient (Wildman–Crippen LogP) is 2.36. The Balaban J connectivity index is 1.77. The Hall–Kier alpha value is -1.99. The lowest BCUT2D eigenvalue weighted by molar-refractivity contribution is -0.0933. The van der Waals surface area contributed by atoms with Crippen LogP contribution in [0.4, 0.5) is 0 Å². The van der Waals surface area contributed by atoms with E-state index in [2.05, 4.69) is 33.9 Å². The number of morpholine rings is 1. The molecule has 2 aromatic rings. The molecule has 2 aromatic heterocycles. The number of ether oxygens (including phenoxy) is 2. The molecule has 24 heavy (non-hydrogen) atoms. The van der Waals surface area contributed by atoms with E-state index >= 15 is 0 Å². The average molecular weight is 332 g/mol. The zero-order chi connectivity index (χ0) is 17.3. The summed E-state index contributed by atoms with van der Waals surface area (Å²) in [5.74, 6) is 2.07. The summed E-state index contributed by atoms with van der Waals surface area (Å²) >= 11 is 0. The van der Waals surface area contributed by atoms with Gasteiger partial charge in [0.1, 0.15) is 11.9 Å². The van der Waals surface area contributed by atoms with Gasteiger partial charge in [0.25, 0.3) is 5.89 Å². The van der Waals surface area contributed by atoms with Crippen LogP contribution in [0.15, 0.2) is 10.7 Å². The average Bonchev–Trinajstić information content (AvgIpc) is 2.97. The monoisotopic (exact) mass is 332 g/mol. The molecule has 1 aliphatic heterocycles. The number of hydrogen-bond donors (Lipinski definition) is 0. The lowest BCUT2D eigenvalue weighted by Crippen LogP contribution is -2.42. The van der Waals surface area contributed by atoms with E-state index in [4.69, 9.17) is 14.0 Å². The molecule has 3 rings (SSSR count). The minimum atomic E-state index is -0.206. The number of methoxy groups -OCH3 is 1. The molecular formula is C17H24N4O3. The molecule has 7 heteroatoms. The number of aryl methyl sites for hydroxylation is 2. The molecule has 3 heterocycles. The molecule has 130 valence electrons. The molecular weight excluding hydrogens is 308 g/mol. The van der Waals surface area contributed by atoms with Crippen LogP contribution in [0.1, 0.15) is 41.6 Å². The van der Waals surface area contributed by atoms with E-state index in [-0.39, 0.29) is 12.2 Å². The molecule has 0 saturated carbocycles. The van der Waals surface area contributed by atoms with E-state index < -0.39 is 0 Å². The first kappa shape index (κ1) is 16.9. The normalized spacial score (nSPS) is 21.9. The molecule has 1 aliphatic rings. The van der Waals surface area contributed by atoms with Crippen LogP contribution in [-0.2, 0) is 11.3 Å². The van der Waals surface area contributed by atoms with Crippen molar-refractivity contribution in [3.8, 4) is 5.75 Å². The van der Waals surface area contributed by atoms with Crippen LogP contribution in [-0.4, -0.2) is 46.3 Å². The number of rotatable bonds is 4. The van der Waals surface area contributed by atoms with Crippen LogP contribution in [0.25, 0.3) is 0 Å². The van der Waals surface area contributed by atoms with Crippen molar-refractivity contribution in [1.82, 2.24) is 20.0 Å². The van der Waals surface area contributed by atoms with Crippen LogP contribution in [0.5, 0.6) is 5.75 Å². The summed E-state index contributed by atoms with van der Waals surface area (Å²) < 4.78 is 16.7. The molecule has 7 nitrogen and oxygen atoms in total. The van der Waals surface area contributed by atoms with Crippen LogP contribution in [0, 0.1) is 20.8 Å². The lowest BCUT2D eigenvalue weighted by atomic mass is 10.1. The van der Waals surface area contributed by atoms with Crippen molar-refractivity contribution >= 4 is 0 Å². The first-order valence-corrected chi connectivity index (χ1v) is 8.15. The SMILES string of the molecule is COc1c(C)cnc(CN2C[C@@H](C)O[C@@H](c3nc(C)no3)C2)c1C. The van der Waals surface area contributed by atoms with Crippen molar-refractivity contribution < 1.29 is 14.0 Å². The molecule has 1 saturated heterocycles. The van der Waals surface area contributed by atoms with Gasteiger partial charge in [-0.2, -0.15) is 4.98 Å². The van der Waals surface area contributed by atoms with Crippen molar-refractivity contribution in [3.63, 3.8) is 0 Å². The summed E-state index contributed by atoms with van der Waals surface area (Å²) in [4.78, 5) is 11.2. The van der Waals surface area contributed by atoms with Gasteiger partial charge in [-0.05, 0) is 27.7 Å². The van der Waals surface area contributed by atoms with Gasteiger partial charge in [0, 0.05) is 37.0 Å². The Kier molecular flexibility index (Phi) is 4.82. The van der Waals surface area contributed by atoms with Gasteiger partial charge in [0.05, 0.1) is 18.9 Å². The minimum absolute atomic E-state index is 0.0867. The van der Waals surface area contributed by atoms with Crippen LogP contribution < -0.4 is 4.74 Å². The molecule has 1 fully saturated rings. The minimum Gasteiger partial charge on any atom is -0.496 e. The second kappa shape index (κ2) is 6.86. The highest BCUT2D eigenvalue weighted by atomic mass is 16.5. The van der Waals surface area contributed by atoms with E-state index in [0.29, 0.717) is 18.3 Å². The first-order chi connectivity index (χ1) is 11.5. The van der Waals surface area contributed by atoms with Crippen LogP contribution in [0.3, 0.4) is 0 Å². The quantitative estimate of drug-likeness (QED) is 0.851. The van der Waals surface area contributed by atoms with Crippen molar-refractivity contribution in [2.75, 3.05) is 20.2 Å². The molecule has 0 spiro atoms. The molecule has 2 atom stereocenters. The maximum atomic E-state index is 5.96. The Morgan fingerprint density at radius 3 is 2.75 bits per heavy atom. The van der Waals surface area contributed by atoms with Gasteiger partial charge in [-0.25, -0.2) is 0 Å². The third-order valence-electron chi connectivity index (χ3n) is 4.28. The first-order valence-electron chi connectivity index (χ1n) is 8.15. The maximum absolute atomic E-state index is 5.96. The third kappa shape index (κ3) is 3.42. The van der Waals surface area contributed by atoms with E-state index in [9.17, 15) is 0 Å². The number of aromatic nitrogens is 3. The largest absolute Gasteiger partial charge is 0.496 e. The summed E-state index contributed by atoms with van der Waals surface area (Å²) in [5.41, 5.74) is 3.15. The Morgan fingerprint density at radius 2 is 2.08 bits per heavy atom. The summed E-state index contributed by atoms with van der Waals surface area (Å²) in [6.45, 7) is 10.2. The standard InChI is InChI=1S/C17H24N4O3/c1-10-6-18-14(12(3)16(10)22-5)8-21-7-11(2)23-15(9-21)17-19-13(4)20-24-17/h6,11,15H,7-9H2,1-5H3/t11-,15-/m1/s1. The molecule has 0 bridgehead atoms. The summed E-state index contributed by atoms with van der Waals surface area (Å²) in [6.07, 6.45) is 1.75. The Bertz CT molecular complexity index is 716. The predicted molar refractivity (Wildman–Crippen MR) is 87.9 cm³/mol. The van der Waals surface area contributed by atoms with Crippen molar-refractivity contribution in [3.05, 3.63) is 34.7 Å². The van der Waals surface area contributed by atoms with E-state index in [0.717, 1.165) is 35.7 Å². The molecule has 0 aromatic carbocycles. The summed E-state index contributed by atoms with van der Waals surface area (Å²) in [6, 6.07) is 0. The highest BCUT2D eigenvalue weighted by molar-refractivity contribution is 5.41. The lowest BCUT2D eigenvalue weighted by Gasteiger charge is -2.35. The Morgan fingerprint density at radius 1 is 1.29 bits per heavy atom. The molecule has 0 N–H and O–H groups in total. The highest BCUT2D eigenvalue weighted by Gasteiger charge is 2.30. The third-order valence-corrected chi connectivity index (χ3v) is 4.28. The molecule has 0 amide bonds. The summed E-state index contributed by atoms with van der Waals surface area (Å²) in [5, 5.41) is 3.86. The topological polar surface area (TPSA) is 73.5 Å². The van der Waals surface area contributed by atoms with Crippen molar-refractivity contribution in [1.29, 1.82) is 0 Å². The number of hydrogen-bond acceptors (Lipinski definition) is 7. The fourth-order valence-corrected chi connectivity index (χ4v) is 3.19. The van der Waals surface area contributed by atoms with Gasteiger partial charge in [0.15, 0.2) is 5.82 Å². The second-order valence-corrected chi connectivity index (χ2v) is 6.36. The smallest absolute Gasteiger partial charge is 0.257 e. The second-order valence-electron chi connectivity index (χ2n) is 6.36. The molecule has 0 aliphatic carbocycles. The highest BCUT2D eigenvalue weighted by Crippen LogP contribution is 2.28. The van der Waals surface area contributed by atoms with Gasteiger partial charge in [-0.15, -0.1) is 0 Å². The number of nitrogens with zero attached hydrogens (tertiary/aromatic N) is 4. The van der Waals surface area contributed by atoms with Gasteiger partial charge < -0.3 is 14.0 Å². The molecule has 0 radical (unpaired) electrons. The Labute approximate surface area is 142 Å². The van der Waals surface area contributed by atoms with Gasteiger partial charge in [-0.3, -0.25) is 9.88 Å². The zero-order valence-electron chi connectivity index (χ0n) is 14.9. The van der Waals surface area contributed by atoms with Crippen LogP contribution >= 0.6 is 0 Å². The van der Waals surface area contributed by atoms with Crippen LogP contribution in [0.2, 0.25) is 0 Å². The van der Waals surface area contributed by atoms with E-state index in [1.54, 1.807) is 7.11 Å². The number of pyridine rings is 1. The van der Waals surface area contributed by atoms with Gasteiger partial charge >= 0.3 is 0 Å². The van der Waals surface area contributed by atoms with Crippen molar-refractivity contribution in [2.45, 2.75) is 46.4 Å². The molecule has 0 unspecified atom stereocenters. The van der Waals surface area contributed by atoms with Gasteiger partial charge in [-0.1, -0.05) is 5.16 Å². The zero-order valence-corrected chi connectivity index (χ0v) is 14.9. The fraction of sp³-hybridized carbons (Fsp3) is 0.588. The van der Waals surface area contributed by atoms with Gasteiger partial charge in [0.2, 0.25) is 0 Å².